The SMILES string of the molecule is CCCN1CC[C@@H](c2ccc(F)cc2)[C@H](COc2ccc(OC)cc2)C1. The molecule has 0 aromatic heterocycles. The number of methoxy groups -OCH3 is 1. The van der Waals surface area contributed by atoms with E-state index in [1.165, 1.54) is 5.56 Å². The third-order valence-electron chi connectivity index (χ3n) is 5.18. The lowest BCUT2D eigenvalue weighted by molar-refractivity contribution is 0.111. The summed E-state index contributed by atoms with van der Waals surface area (Å²) >= 11 is 0. The topological polar surface area (TPSA) is 21.7 Å². The van der Waals surface area contributed by atoms with Crippen molar-refractivity contribution in [3.8, 4) is 11.5 Å². The molecule has 0 radical (unpaired) electrons. The number of rotatable bonds is 7. The molecule has 140 valence electrons. The molecule has 26 heavy (non-hydrogen) atoms. The summed E-state index contributed by atoms with van der Waals surface area (Å²) in [7, 11) is 1.66. The molecule has 1 aliphatic heterocycles. The van der Waals surface area contributed by atoms with Gasteiger partial charge in [-0.25, -0.2) is 4.39 Å². The van der Waals surface area contributed by atoms with Crippen LogP contribution in [0.5, 0.6) is 11.5 Å². The van der Waals surface area contributed by atoms with Crippen LogP contribution in [0.4, 0.5) is 4.39 Å². The van der Waals surface area contributed by atoms with E-state index >= 15 is 0 Å². The van der Waals surface area contributed by atoms with Crippen molar-refractivity contribution in [3.05, 3.63) is 59.9 Å². The Morgan fingerprint density at radius 1 is 1.04 bits per heavy atom. The number of nitrogens with zero attached hydrogens (tertiary/aromatic N) is 1. The Morgan fingerprint density at radius 2 is 1.73 bits per heavy atom. The van der Waals surface area contributed by atoms with E-state index in [1.54, 1.807) is 19.2 Å². The van der Waals surface area contributed by atoms with Gasteiger partial charge >= 0.3 is 0 Å². The Hall–Kier alpha value is -2.07. The highest BCUT2D eigenvalue weighted by atomic mass is 19.1. The van der Waals surface area contributed by atoms with Crippen LogP contribution in [0.3, 0.4) is 0 Å². The zero-order valence-electron chi connectivity index (χ0n) is 15.7. The van der Waals surface area contributed by atoms with Gasteiger partial charge in [0.05, 0.1) is 13.7 Å². The van der Waals surface area contributed by atoms with Gasteiger partial charge < -0.3 is 14.4 Å². The van der Waals surface area contributed by atoms with Gasteiger partial charge in [-0.1, -0.05) is 19.1 Å². The number of hydrogen-bond donors (Lipinski definition) is 0. The van der Waals surface area contributed by atoms with Crippen molar-refractivity contribution in [1.29, 1.82) is 0 Å². The van der Waals surface area contributed by atoms with Gasteiger partial charge in [0.15, 0.2) is 0 Å². The first-order chi connectivity index (χ1) is 12.7. The predicted molar refractivity (Wildman–Crippen MR) is 102 cm³/mol. The van der Waals surface area contributed by atoms with Crippen molar-refractivity contribution in [2.24, 2.45) is 5.92 Å². The first-order valence-corrected chi connectivity index (χ1v) is 9.44. The maximum Gasteiger partial charge on any atom is 0.123 e. The highest BCUT2D eigenvalue weighted by Gasteiger charge is 2.30. The van der Waals surface area contributed by atoms with E-state index in [0.29, 0.717) is 18.4 Å². The third-order valence-corrected chi connectivity index (χ3v) is 5.18. The summed E-state index contributed by atoms with van der Waals surface area (Å²) in [6.07, 6.45) is 2.25. The predicted octanol–water partition coefficient (Wildman–Crippen LogP) is 4.73. The number of piperidine rings is 1. The van der Waals surface area contributed by atoms with E-state index in [2.05, 4.69) is 11.8 Å². The van der Waals surface area contributed by atoms with Gasteiger partial charge in [0.2, 0.25) is 0 Å². The number of benzene rings is 2. The molecule has 0 aliphatic carbocycles. The van der Waals surface area contributed by atoms with Crippen LogP contribution in [0.1, 0.15) is 31.2 Å². The zero-order valence-corrected chi connectivity index (χ0v) is 15.7. The molecule has 0 saturated carbocycles. The molecular weight excluding hydrogens is 329 g/mol. The molecule has 1 fully saturated rings. The molecule has 3 rings (SSSR count). The molecule has 2 aromatic carbocycles. The third kappa shape index (κ3) is 4.76. The lowest BCUT2D eigenvalue weighted by Gasteiger charge is -2.38. The fraction of sp³-hybridized carbons (Fsp3) is 0.455. The Labute approximate surface area is 155 Å². The van der Waals surface area contributed by atoms with E-state index in [0.717, 1.165) is 44.0 Å². The number of hydrogen-bond acceptors (Lipinski definition) is 3. The summed E-state index contributed by atoms with van der Waals surface area (Å²) < 4.78 is 24.6. The van der Waals surface area contributed by atoms with Gasteiger partial charge in [0, 0.05) is 12.5 Å². The molecule has 1 aliphatic rings. The fourth-order valence-corrected chi connectivity index (χ4v) is 3.82. The van der Waals surface area contributed by atoms with Gasteiger partial charge in [-0.2, -0.15) is 0 Å². The molecule has 0 spiro atoms. The number of likely N-dealkylation sites (tertiary alicyclic amines) is 1. The van der Waals surface area contributed by atoms with Crippen LogP contribution >= 0.6 is 0 Å². The Morgan fingerprint density at radius 3 is 2.38 bits per heavy atom. The molecule has 4 heteroatoms. The Balaban J connectivity index is 1.69. The standard InChI is InChI=1S/C22H28FNO2/c1-3-13-24-14-12-22(17-4-6-19(23)7-5-17)18(15-24)16-26-21-10-8-20(25-2)9-11-21/h4-11,18,22H,3,12-16H2,1-2H3/t18-,22-/m0/s1. The molecule has 0 unspecified atom stereocenters. The van der Waals surface area contributed by atoms with Crippen molar-refractivity contribution < 1.29 is 13.9 Å². The fourth-order valence-electron chi connectivity index (χ4n) is 3.82. The van der Waals surface area contributed by atoms with Crippen molar-refractivity contribution >= 4 is 0 Å². The van der Waals surface area contributed by atoms with E-state index < -0.39 is 0 Å². The zero-order chi connectivity index (χ0) is 18.4. The molecule has 0 amide bonds. The van der Waals surface area contributed by atoms with Crippen molar-refractivity contribution in [3.63, 3.8) is 0 Å². The second-order valence-electron chi connectivity index (χ2n) is 6.99. The molecule has 1 saturated heterocycles. The number of halogens is 1. The molecular formula is C22H28FNO2. The van der Waals surface area contributed by atoms with Gasteiger partial charge in [-0.15, -0.1) is 0 Å². The van der Waals surface area contributed by atoms with Gasteiger partial charge in [-0.05, 0) is 73.8 Å². The molecule has 1 heterocycles. The van der Waals surface area contributed by atoms with Gasteiger partial charge in [0.25, 0.3) is 0 Å². The average molecular weight is 357 g/mol. The molecule has 2 atom stereocenters. The van der Waals surface area contributed by atoms with Crippen LogP contribution in [0.2, 0.25) is 0 Å². The Bertz CT molecular complexity index is 672. The molecule has 3 nitrogen and oxygen atoms in total. The molecule has 2 aromatic rings. The minimum absolute atomic E-state index is 0.178. The van der Waals surface area contributed by atoms with Gasteiger partial charge in [0.1, 0.15) is 17.3 Å². The van der Waals surface area contributed by atoms with E-state index in [-0.39, 0.29) is 5.82 Å². The van der Waals surface area contributed by atoms with Crippen molar-refractivity contribution in [1.82, 2.24) is 4.90 Å². The largest absolute Gasteiger partial charge is 0.497 e. The highest BCUT2D eigenvalue weighted by Crippen LogP contribution is 2.34. The lowest BCUT2D eigenvalue weighted by Crippen LogP contribution is -2.42. The summed E-state index contributed by atoms with van der Waals surface area (Å²) in [5, 5.41) is 0. The Kier molecular flexibility index (Phi) is 6.51. The maximum atomic E-state index is 13.3. The quantitative estimate of drug-likeness (QED) is 0.715. The van der Waals surface area contributed by atoms with Crippen LogP contribution < -0.4 is 9.47 Å². The lowest BCUT2D eigenvalue weighted by atomic mass is 9.81. The highest BCUT2D eigenvalue weighted by molar-refractivity contribution is 5.31. The summed E-state index contributed by atoms with van der Waals surface area (Å²) in [6.45, 7) is 6.11. The monoisotopic (exact) mass is 357 g/mol. The van der Waals surface area contributed by atoms with Crippen molar-refractivity contribution in [2.45, 2.75) is 25.7 Å². The summed E-state index contributed by atoms with van der Waals surface area (Å²) in [6, 6.07) is 14.7. The van der Waals surface area contributed by atoms with E-state index in [1.807, 2.05) is 36.4 Å². The second kappa shape index (κ2) is 9.04. The van der Waals surface area contributed by atoms with Crippen LogP contribution in [-0.4, -0.2) is 38.3 Å². The van der Waals surface area contributed by atoms with E-state index in [9.17, 15) is 4.39 Å². The summed E-state index contributed by atoms with van der Waals surface area (Å²) in [5.74, 6) is 2.30. The van der Waals surface area contributed by atoms with Crippen LogP contribution in [0.15, 0.2) is 48.5 Å². The van der Waals surface area contributed by atoms with Gasteiger partial charge in [-0.3, -0.25) is 0 Å². The first kappa shape index (κ1) is 18.7. The van der Waals surface area contributed by atoms with Crippen molar-refractivity contribution in [2.75, 3.05) is 33.4 Å². The minimum atomic E-state index is -0.178. The summed E-state index contributed by atoms with van der Waals surface area (Å²) in [4.78, 5) is 2.52. The van der Waals surface area contributed by atoms with E-state index in [4.69, 9.17) is 9.47 Å². The summed E-state index contributed by atoms with van der Waals surface area (Å²) in [5.41, 5.74) is 1.21. The van der Waals surface area contributed by atoms with Crippen LogP contribution in [0, 0.1) is 11.7 Å². The second-order valence-corrected chi connectivity index (χ2v) is 6.99. The normalized spacial score (nSPS) is 20.7. The minimum Gasteiger partial charge on any atom is -0.497 e. The van der Waals surface area contributed by atoms with Crippen LogP contribution in [0.25, 0.3) is 0 Å². The first-order valence-electron chi connectivity index (χ1n) is 9.44. The molecule has 0 bridgehead atoms. The average Bonchev–Trinajstić information content (AvgIpc) is 2.68. The maximum absolute atomic E-state index is 13.3. The smallest absolute Gasteiger partial charge is 0.123 e. The molecule has 0 N–H and O–H groups in total. The van der Waals surface area contributed by atoms with Crippen LogP contribution in [-0.2, 0) is 0 Å². The number of ether oxygens (including phenoxy) is 2.